The Morgan fingerprint density at radius 3 is 2.00 bits per heavy atom. The lowest BCUT2D eigenvalue weighted by molar-refractivity contribution is -0.141. The van der Waals surface area contributed by atoms with Crippen LogP contribution in [0.4, 0.5) is 0 Å². The van der Waals surface area contributed by atoms with Gasteiger partial charge in [-0.05, 0) is 53.8 Å². The summed E-state index contributed by atoms with van der Waals surface area (Å²) in [6.45, 7) is 3.64. The summed E-state index contributed by atoms with van der Waals surface area (Å²) in [7, 11) is 5.26. The Kier molecular flexibility index (Phi) is 6.97. The minimum atomic E-state index is -0.856. The molecule has 0 aromatic rings. The minimum absolute atomic E-state index is 0.0196. The lowest BCUT2D eigenvalue weighted by Crippen LogP contribution is -2.62. The van der Waals surface area contributed by atoms with Crippen LogP contribution in [0.15, 0.2) is 0 Å². The summed E-state index contributed by atoms with van der Waals surface area (Å²) in [6.07, 6.45) is 5.39. The lowest BCUT2D eigenvalue weighted by atomic mass is 9.72. The number of rotatable bonds is 8. The molecule has 1 aliphatic rings. The fraction of sp³-hybridized carbons (Fsp3) is 0.875. The van der Waals surface area contributed by atoms with Crippen LogP contribution in [0, 0.1) is 11.8 Å². The third-order valence-electron chi connectivity index (χ3n) is 5.06. The van der Waals surface area contributed by atoms with Gasteiger partial charge in [0.2, 0.25) is 0 Å². The van der Waals surface area contributed by atoms with E-state index in [1.165, 1.54) is 6.42 Å². The zero-order chi connectivity index (χ0) is 16.0. The van der Waals surface area contributed by atoms with Gasteiger partial charge < -0.3 is 5.32 Å². The van der Waals surface area contributed by atoms with Crippen molar-refractivity contribution >= 4 is 11.6 Å². The maximum atomic E-state index is 13.0. The Labute approximate surface area is 128 Å². The molecule has 0 spiro atoms. The summed E-state index contributed by atoms with van der Waals surface area (Å²) in [5.74, 6) is -0.370. The molecule has 0 aromatic carbocycles. The molecule has 0 heterocycles. The van der Waals surface area contributed by atoms with Crippen LogP contribution < -0.4 is 16.0 Å². The van der Waals surface area contributed by atoms with Crippen LogP contribution in [0.3, 0.4) is 0 Å². The largest absolute Gasteiger partial charge is 0.311 e. The van der Waals surface area contributed by atoms with Crippen molar-refractivity contribution in [1.29, 1.82) is 0 Å². The standard InChI is InChI=1S/C16H31N3O2/c1-11(17-3)14(20)13(12-9-7-6-8-10-12)15(21)16(2,18-4)19-5/h11-13,17-19H,6-10H2,1-5H3. The third kappa shape index (κ3) is 4.11. The van der Waals surface area contributed by atoms with Gasteiger partial charge in [-0.3, -0.25) is 20.2 Å². The first-order valence-electron chi connectivity index (χ1n) is 8.04. The van der Waals surface area contributed by atoms with Gasteiger partial charge in [-0.2, -0.15) is 0 Å². The smallest absolute Gasteiger partial charge is 0.177 e. The van der Waals surface area contributed by atoms with Gasteiger partial charge >= 0.3 is 0 Å². The Hall–Kier alpha value is -0.780. The Morgan fingerprint density at radius 1 is 1.05 bits per heavy atom. The highest BCUT2D eigenvalue weighted by Crippen LogP contribution is 2.33. The van der Waals surface area contributed by atoms with Gasteiger partial charge in [-0.25, -0.2) is 0 Å². The Balaban J connectivity index is 3.05. The van der Waals surface area contributed by atoms with Crippen LogP contribution in [0.1, 0.15) is 46.0 Å². The van der Waals surface area contributed by atoms with Gasteiger partial charge in [0.05, 0.1) is 12.0 Å². The van der Waals surface area contributed by atoms with Crippen molar-refractivity contribution in [3.63, 3.8) is 0 Å². The Morgan fingerprint density at radius 2 is 1.57 bits per heavy atom. The first-order valence-corrected chi connectivity index (χ1v) is 8.04. The number of carbonyl (C=O) groups excluding carboxylic acids is 2. The highest BCUT2D eigenvalue weighted by atomic mass is 16.2. The summed E-state index contributed by atoms with van der Waals surface area (Å²) < 4.78 is 0. The van der Waals surface area contributed by atoms with Crippen LogP contribution in [-0.2, 0) is 9.59 Å². The molecule has 0 amide bonds. The second-order valence-corrected chi connectivity index (χ2v) is 6.28. The van der Waals surface area contributed by atoms with Gasteiger partial charge in [-0.1, -0.05) is 19.3 Å². The molecule has 122 valence electrons. The normalized spacial score (nSPS) is 20.0. The summed E-state index contributed by atoms with van der Waals surface area (Å²) in [5.41, 5.74) is -0.856. The molecule has 21 heavy (non-hydrogen) atoms. The van der Waals surface area contributed by atoms with Crippen molar-refractivity contribution in [3.8, 4) is 0 Å². The SMILES string of the molecule is CNC(C)C(=O)C(C(=O)C(C)(NC)NC)C1CCCCC1. The number of carbonyl (C=O) groups is 2. The first-order chi connectivity index (χ1) is 9.91. The molecule has 2 unspecified atom stereocenters. The zero-order valence-electron chi connectivity index (χ0n) is 14.1. The molecule has 0 aromatic heterocycles. The summed E-state index contributed by atoms with van der Waals surface area (Å²) in [6, 6.07) is -0.293. The molecule has 0 saturated heterocycles. The molecule has 1 rings (SSSR count). The van der Waals surface area contributed by atoms with Gasteiger partial charge in [0.25, 0.3) is 0 Å². The molecular formula is C16H31N3O2. The van der Waals surface area contributed by atoms with E-state index in [0.29, 0.717) is 0 Å². The van der Waals surface area contributed by atoms with Crippen molar-refractivity contribution in [2.45, 2.75) is 57.7 Å². The van der Waals surface area contributed by atoms with E-state index in [9.17, 15) is 9.59 Å². The molecule has 2 atom stereocenters. The maximum Gasteiger partial charge on any atom is 0.177 e. The average molecular weight is 297 g/mol. The number of Topliss-reactive ketones (excluding diaryl/α,β-unsaturated/α-hetero) is 2. The predicted octanol–water partition coefficient (Wildman–Crippen LogP) is 1.08. The van der Waals surface area contributed by atoms with Crippen molar-refractivity contribution in [2.75, 3.05) is 21.1 Å². The van der Waals surface area contributed by atoms with E-state index in [1.807, 2.05) is 13.8 Å². The topological polar surface area (TPSA) is 70.2 Å². The van der Waals surface area contributed by atoms with E-state index in [2.05, 4.69) is 16.0 Å². The van der Waals surface area contributed by atoms with Gasteiger partial charge in [0.15, 0.2) is 11.6 Å². The third-order valence-corrected chi connectivity index (χ3v) is 5.06. The van der Waals surface area contributed by atoms with E-state index >= 15 is 0 Å². The van der Waals surface area contributed by atoms with Crippen molar-refractivity contribution in [1.82, 2.24) is 16.0 Å². The molecule has 3 N–H and O–H groups in total. The summed E-state index contributed by atoms with van der Waals surface area (Å²) in [5, 5.41) is 9.04. The average Bonchev–Trinajstić information content (AvgIpc) is 2.54. The number of ketones is 2. The van der Waals surface area contributed by atoms with Crippen molar-refractivity contribution in [2.24, 2.45) is 11.8 Å². The quantitative estimate of drug-likeness (QED) is 0.462. The van der Waals surface area contributed by atoms with E-state index < -0.39 is 11.6 Å². The van der Waals surface area contributed by atoms with Crippen LogP contribution in [-0.4, -0.2) is 44.4 Å². The second kappa shape index (κ2) is 8.01. The second-order valence-electron chi connectivity index (χ2n) is 6.28. The number of nitrogens with one attached hydrogen (secondary N) is 3. The molecule has 0 aliphatic heterocycles. The predicted molar refractivity (Wildman–Crippen MR) is 85.1 cm³/mol. The lowest BCUT2D eigenvalue weighted by Gasteiger charge is -2.36. The molecule has 0 bridgehead atoms. The van der Waals surface area contributed by atoms with Crippen LogP contribution >= 0.6 is 0 Å². The van der Waals surface area contributed by atoms with Gasteiger partial charge in [-0.15, -0.1) is 0 Å². The molecule has 1 fully saturated rings. The van der Waals surface area contributed by atoms with Crippen molar-refractivity contribution < 1.29 is 9.59 Å². The fourth-order valence-corrected chi connectivity index (χ4v) is 3.14. The first kappa shape index (κ1) is 18.3. The number of hydrogen-bond donors (Lipinski definition) is 3. The Bertz CT molecular complexity index is 361. The molecule has 5 nitrogen and oxygen atoms in total. The van der Waals surface area contributed by atoms with Crippen LogP contribution in [0.2, 0.25) is 0 Å². The molecule has 0 radical (unpaired) electrons. The van der Waals surface area contributed by atoms with Crippen LogP contribution in [0.25, 0.3) is 0 Å². The van der Waals surface area contributed by atoms with E-state index in [-0.39, 0.29) is 23.5 Å². The molecule has 5 heteroatoms. The minimum Gasteiger partial charge on any atom is -0.311 e. The van der Waals surface area contributed by atoms with Gasteiger partial charge in [0.1, 0.15) is 5.66 Å². The number of hydrogen-bond acceptors (Lipinski definition) is 5. The van der Waals surface area contributed by atoms with Gasteiger partial charge in [0, 0.05) is 0 Å². The zero-order valence-corrected chi connectivity index (χ0v) is 14.1. The highest BCUT2D eigenvalue weighted by molar-refractivity contribution is 6.08. The maximum absolute atomic E-state index is 13.0. The van der Waals surface area contributed by atoms with E-state index in [1.54, 1.807) is 21.1 Å². The van der Waals surface area contributed by atoms with E-state index in [0.717, 1.165) is 25.7 Å². The van der Waals surface area contributed by atoms with E-state index in [4.69, 9.17) is 0 Å². The molecule has 1 saturated carbocycles. The summed E-state index contributed by atoms with van der Waals surface area (Å²) in [4.78, 5) is 25.8. The molecular weight excluding hydrogens is 266 g/mol. The van der Waals surface area contributed by atoms with Crippen molar-refractivity contribution in [3.05, 3.63) is 0 Å². The molecule has 1 aliphatic carbocycles. The van der Waals surface area contributed by atoms with Crippen LogP contribution in [0.5, 0.6) is 0 Å². The monoisotopic (exact) mass is 297 g/mol. The highest BCUT2D eigenvalue weighted by Gasteiger charge is 2.44. The summed E-state index contributed by atoms with van der Waals surface area (Å²) >= 11 is 0. The number of likely N-dealkylation sites (N-methyl/N-ethyl adjacent to an activating group) is 3. The fourth-order valence-electron chi connectivity index (χ4n) is 3.14.